The Morgan fingerprint density at radius 3 is 2.85 bits per heavy atom. The molecule has 1 aliphatic rings. The first kappa shape index (κ1) is 11.7. The van der Waals surface area contributed by atoms with E-state index in [0.29, 0.717) is 5.76 Å². The molecule has 0 saturated heterocycles. The second kappa shape index (κ2) is 4.22. The predicted octanol–water partition coefficient (Wildman–Crippen LogP) is 4.11. The number of aryl methyl sites for hydroxylation is 1. The maximum absolute atomic E-state index is 10.6. The zero-order chi connectivity index (χ0) is 13.7. The van der Waals surface area contributed by atoms with E-state index in [1.54, 1.807) is 0 Å². The van der Waals surface area contributed by atoms with Gasteiger partial charge in [-0.25, -0.2) is 0 Å². The minimum Gasteiger partial charge on any atom is -0.458 e. The molecule has 1 aliphatic carbocycles. The molecule has 0 radical (unpaired) electrons. The first-order chi connectivity index (χ1) is 9.72. The molecule has 20 heavy (non-hydrogen) atoms. The molecular weight excluding hydrogens is 248 g/mol. The van der Waals surface area contributed by atoms with Crippen LogP contribution in [0.25, 0.3) is 11.0 Å². The van der Waals surface area contributed by atoms with Crippen LogP contribution in [-0.4, -0.2) is 5.11 Å². The molecule has 3 aromatic rings. The fourth-order valence-corrected chi connectivity index (χ4v) is 3.11. The van der Waals surface area contributed by atoms with Crippen LogP contribution in [0.5, 0.6) is 0 Å². The van der Waals surface area contributed by atoms with Crippen molar-refractivity contribution in [2.24, 2.45) is 0 Å². The van der Waals surface area contributed by atoms with E-state index in [2.05, 4.69) is 25.1 Å². The number of aliphatic hydroxyl groups excluding tert-OH is 1. The van der Waals surface area contributed by atoms with E-state index in [0.717, 1.165) is 17.4 Å². The molecule has 2 atom stereocenters. The largest absolute Gasteiger partial charge is 0.458 e. The smallest absolute Gasteiger partial charge is 0.134 e. The molecule has 0 fully saturated rings. The van der Waals surface area contributed by atoms with Gasteiger partial charge >= 0.3 is 0 Å². The van der Waals surface area contributed by atoms with Gasteiger partial charge in [-0.3, -0.25) is 0 Å². The molecular formula is C18H16O2. The Labute approximate surface area is 117 Å². The van der Waals surface area contributed by atoms with Crippen molar-refractivity contribution in [1.82, 2.24) is 0 Å². The molecule has 2 unspecified atom stereocenters. The Morgan fingerprint density at radius 2 is 2.00 bits per heavy atom. The van der Waals surface area contributed by atoms with Crippen LogP contribution < -0.4 is 0 Å². The van der Waals surface area contributed by atoms with E-state index >= 15 is 0 Å². The van der Waals surface area contributed by atoms with Crippen molar-refractivity contribution < 1.29 is 9.52 Å². The SMILES string of the molecule is Cc1ccc2oc(C(O)C3Cc4ccccc43)cc2c1. The Kier molecular flexibility index (Phi) is 2.48. The van der Waals surface area contributed by atoms with Crippen LogP contribution in [-0.2, 0) is 6.42 Å². The Bertz CT molecular complexity index is 785. The van der Waals surface area contributed by atoms with Crippen molar-refractivity contribution in [3.8, 4) is 0 Å². The standard InChI is InChI=1S/C18H16O2/c1-11-6-7-16-13(8-11)10-17(20-16)18(19)15-9-12-4-2-3-5-14(12)15/h2-8,10,15,18-19H,9H2,1H3. The third kappa shape index (κ3) is 1.69. The molecule has 2 aromatic carbocycles. The maximum atomic E-state index is 10.6. The first-order valence-corrected chi connectivity index (χ1v) is 6.98. The summed E-state index contributed by atoms with van der Waals surface area (Å²) in [5.41, 5.74) is 4.63. The fraction of sp³-hybridized carbons (Fsp3) is 0.222. The normalized spacial score (nSPS) is 18.6. The van der Waals surface area contributed by atoms with Crippen molar-refractivity contribution in [3.05, 3.63) is 71.0 Å². The third-order valence-corrected chi connectivity index (χ3v) is 4.26. The van der Waals surface area contributed by atoms with E-state index in [9.17, 15) is 5.11 Å². The maximum Gasteiger partial charge on any atom is 0.134 e. The summed E-state index contributed by atoms with van der Waals surface area (Å²) in [6, 6.07) is 16.3. The zero-order valence-corrected chi connectivity index (χ0v) is 11.3. The molecule has 0 spiro atoms. The first-order valence-electron chi connectivity index (χ1n) is 6.98. The van der Waals surface area contributed by atoms with Crippen LogP contribution in [0.3, 0.4) is 0 Å². The van der Waals surface area contributed by atoms with Crippen LogP contribution in [0.2, 0.25) is 0 Å². The highest BCUT2D eigenvalue weighted by Gasteiger charge is 2.34. The molecule has 0 bridgehead atoms. The Hall–Kier alpha value is -2.06. The summed E-state index contributed by atoms with van der Waals surface area (Å²) in [4.78, 5) is 0. The van der Waals surface area contributed by atoms with Gasteiger partial charge in [-0.1, -0.05) is 35.9 Å². The summed E-state index contributed by atoms with van der Waals surface area (Å²) in [6.07, 6.45) is 0.366. The molecule has 1 N–H and O–H groups in total. The van der Waals surface area contributed by atoms with Crippen molar-refractivity contribution in [2.45, 2.75) is 25.4 Å². The van der Waals surface area contributed by atoms with Gasteiger partial charge < -0.3 is 9.52 Å². The number of hydrogen-bond acceptors (Lipinski definition) is 2. The summed E-state index contributed by atoms with van der Waals surface area (Å²) in [5.74, 6) is 0.831. The Morgan fingerprint density at radius 1 is 1.15 bits per heavy atom. The van der Waals surface area contributed by atoms with Gasteiger partial charge in [0.15, 0.2) is 0 Å². The summed E-state index contributed by atoms with van der Waals surface area (Å²) >= 11 is 0. The van der Waals surface area contributed by atoms with Crippen molar-refractivity contribution in [1.29, 1.82) is 0 Å². The lowest BCUT2D eigenvalue weighted by molar-refractivity contribution is 0.112. The van der Waals surface area contributed by atoms with Crippen LogP contribution >= 0.6 is 0 Å². The lowest BCUT2D eigenvalue weighted by Crippen LogP contribution is -2.23. The summed E-state index contributed by atoms with van der Waals surface area (Å²) in [5, 5.41) is 11.6. The molecule has 0 saturated carbocycles. The lowest BCUT2D eigenvalue weighted by Gasteiger charge is -2.32. The highest BCUT2D eigenvalue weighted by molar-refractivity contribution is 5.78. The summed E-state index contributed by atoms with van der Waals surface area (Å²) in [7, 11) is 0. The lowest BCUT2D eigenvalue weighted by atomic mass is 9.74. The van der Waals surface area contributed by atoms with Gasteiger partial charge in [0.05, 0.1) is 0 Å². The molecule has 0 amide bonds. The number of aliphatic hydroxyl groups is 1. The van der Waals surface area contributed by atoms with Crippen LogP contribution in [0.4, 0.5) is 0 Å². The monoisotopic (exact) mass is 264 g/mol. The van der Waals surface area contributed by atoms with E-state index in [1.165, 1.54) is 16.7 Å². The molecule has 4 rings (SSSR count). The van der Waals surface area contributed by atoms with E-state index in [1.807, 2.05) is 30.3 Å². The van der Waals surface area contributed by atoms with Gasteiger partial charge in [-0.15, -0.1) is 0 Å². The quantitative estimate of drug-likeness (QED) is 0.755. The summed E-state index contributed by atoms with van der Waals surface area (Å²) < 4.78 is 5.81. The van der Waals surface area contributed by atoms with Gasteiger partial charge in [0.25, 0.3) is 0 Å². The molecule has 2 nitrogen and oxygen atoms in total. The highest BCUT2D eigenvalue weighted by atomic mass is 16.4. The topological polar surface area (TPSA) is 33.4 Å². The van der Waals surface area contributed by atoms with Crippen LogP contribution in [0.15, 0.2) is 52.9 Å². The van der Waals surface area contributed by atoms with Gasteiger partial charge in [0.1, 0.15) is 17.4 Å². The van der Waals surface area contributed by atoms with E-state index < -0.39 is 6.10 Å². The average Bonchev–Trinajstić information content (AvgIpc) is 2.83. The minimum atomic E-state index is -0.558. The zero-order valence-electron chi connectivity index (χ0n) is 11.3. The Balaban J connectivity index is 1.70. The minimum absolute atomic E-state index is 0.160. The van der Waals surface area contributed by atoms with E-state index in [-0.39, 0.29) is 5.92 Å². The molecule has 100 valence electrons. The van der Waals surface area contributed by atoms with Gasteiger partial charge in [0.2, 0.25) is 0 Å². The fourth-order valence-electron chi connectivity index (χ4n) is 3.11. The molecule has 1 heterocycles. The van der Waals surface area contributed by atoms with Crippen LogP contribution in [0.1, 0.15) is 34.5 Å². The molecule has 1 aromatic heterocycles. The highest BCUT2D eigenvalue weighted by Crippen LogP contribution is 2.44. The number of benzene rings is 2. The van der Waals surface area contributed by atoms with Crippen molar-refractivity contribution >= 4 is 11.0 Å². The predicted molar refractivity (Wildman–Crippen MR) is 78.8 cm³/mol. The van der Waals surface area contributed by atoms with E-state index in [4.69, 9.17) is 4.42 Å². The molecule has 2 heteroatoms. The van der Waals surface area contributed by atoms with Crippen molar-refractivity contribution in [3.63, 3.8) is 0 Å². The summed E-state index contributed by atoms with van der Waals surface area (Å²) in [6.45, 7) is 2.06. The number of furan rings is 1. The van der Waals surface area contributed by atoms with Gasteiger partial charge in [-0.05, 0) is 42.7 Å². The van der Waals surface area contributed by atoms with Gasteiger partial charge in [0, 0.05) is 11.3 Å². The van der Waals surface area contributed by atoms with Crippen molar-refractivity contribution in [2.75, 3.05) is 0 Å². The number of hydrogen-bond donors (Lipinski definition) is 1. The van der Waals surface area contributed by atoms with Gasteiger partial charge in [-0.2, -0.15) is 0 Å². The second-order valence-electron chi connectivity index (χ2n) is 5.64. The molecule has 0 aliphatic heterocycles. The number of fused-ring (bicyclic) bond motifs is 2. The third-order valence-electron chi connectivity index (χ3n) is 4.26. The second-order valence-corrected chi connectivity index (χ2v) is 5.64. The number of rotatable bonds is 2. The van der Waals surface area contributed by atoms with Crippen LogP contribution in [0, 0.1) is 6.92 Å². The average molecular weight is 264 g/mol.